The van der Waals surface area contributed by atoms with Gasteiger partial charge in [0.2, 0.25) is 0 Å². The van der Waals surface area contributed by atoms with Gasteiger partial charge in [0, 0.05) is 23.9 Å². The van der Waals surface area contributed by atoms with Crippen molar-refractivity contribution in [2.45, 2.75) is 25.7 Å². The third-order valence-corrected chi connectivity index (χ3v) is 3.76. The van der Waals surface area contributed by atoms with Gasteiger partial charge in [0.1, 0.15) is 5.82 Å². The summed E-state index contributed by atoms with van der Waals surface area (Å²) in [6.45, 7) is 4.25. The molecule has 3 heteroatoms. The quantitative estimate of drug-likeness (QED) is 0.894. The standard InChI is InChI=1S/C16H19N3/c1-12-2-4-13(5-3-12)15-10-18-16(19-11-15)14-6-8-17-9-7-14/h2-5,10-11,14,17H,6-9H2,1H3. The molecule has 1 saturated heterocycles. The predicted octanol–water partition coefficient (Wildman–Crippen LogP) is 2.92. The highest BCUT2D eigenvalue weighted by Crippen LogP contribution is 2.23. The first-order valence-electron chi connectivity index (χ1n) is 6.92. The lowest BCUT2D eigenvalue weighted by Crippen LogP contribution is -2.27. The van der Waals surface area contributed by atoms with Crippen molar-refractivity contribution >= 4 is 0 Å². The predicted molar refractivity (Wildman–Crippen MR) is 77.0 cm³/mol. The van der Waals surface area contributed by atoms with Crippen LogP contribution in [0.4, 0.5) is 0 Å². The fraction of sp³-hybridized carbons (Fsp3) is 0.375. The van der Waals surface area contributed by atoms with E-state index in [0.29, 0.717) is 5.92 Å². The molecule has 19 heavy (non-hydrogen) atoms. The van der Waals surface area contributed by atoms with E-state index in [1.165, 1.54) is 11.1 Å². The minimum Gasteiger partial charge on any atom is -0.317 e. The first kappa shape index (κ1) is 12.3. The van der Waals surface area contributed by atoms with E-state index in [9.17, 15) is 0 Å². The van der Waals surface area contributed by atoms with Crippen LogP contribution < -0.4 is 5.32 Å². The second-order valence-corrected chi connectivity index (χ2v) is 5.22. The zero-order valence-corrected chi connectivity index (χ0v) is 11.3. The maximum absolute atomic E-state index is 4.56. The fourth-order valence-corrected chi connectivity index (χ4v) is 2.52. The van der Waals surface area contributed by atoms with Crippen LogP contribution in [0.5, 0.6) is 0 Å². The van der Waals surface area contributed by atoms with Crippen molar-refractivity contribution in [3.8, 4) is 11.1 Å². The Morgan fingerprint density at radius 2 is 1.58 bits per heavy atom. The molecule has 0 spiro atoms. The van der Waals surface area contributed by atoms with E-state index in [1.807, 2.05) is 12.4 Å². The van der Waals surface area contributed by atoms with Crippen LogP contribution in [0.3, 0.4) is 0 Å². The Morgan fingerprint density at radius 3 is 2.21 bits per heavy atom. The molecule has 0 unspecified atom stereocenters. The SMILES string of the molecule is Cc1ccc(-c2cnc(C3CCNCC3)nc2)cc1. The topological polar surface area (TPSA) is 37.8 Å². The summed E-state index contributed by atoms with van der Waals surface area (Å²) in [7, 11) is 0. The summed E-state index contributed by atoms with van der Waals surface area (Å²) >= 11 is 0. The summed E-state index contributed by atoms with van der Waals surface area (Å²) < 4.78 is 0. The largest absolute Gasteiger partial charge is 0.317 e. The zero-order chi connectivity index (χ0) is 13.1. The number of nitrogens with one attached hydrogen (secondary N) is 1. The Labute approximate surface area is 114 Å². The van der Waals surface area contributed by atoms with Crippen LogP contribution in [0, 0.1) is 6.92 Å². The Bertz CT molecular complexity index is 525. The van der Waals surface area contributed by atoms with E-state index in [0.717, 1.165) is 37.3 Å². The molecule has 0 radical (unpaired) electrons. The summed E-state index contributed by atoms with van der Waals surface area (Å²) in [5.74, 6) is 1.52. The van der Waals surface area contributed by atoms with Crippen molar-refractivity contribution < 1.29 is 0 Å². The summed E-state index contributed by atoms with van der Waals surface area (Å²) in [4.78, 5) is 9.12. The van der Waals surface area contributed by atoms with E-state index in [4.69, 9.17) is 0 Å². The van der Waals surface area contributed by atoms with Crippen molar-refractivity contribution in [3.05, 3.63) is 48.0 Å². The average Bonchev–Trinajstić information content (AvgIpc) is 2.49. The molecular formula is C16H19N3. The third kappa shape index (κ3) is 2.82. The molecule has 98 valence electrons. The van der Waals surface area contributed by atoms with Crippen LogP contribution in [-0.2, 0) is 0 Å². The van der Waals surface area contributed by atoms with Gasteiger partial charge in [-0.05, 0) is 38.4 Å². The molecule has 2 heterocycles. The van der Waals surface area contributed by atoms with E-state index in [-0.39, 0.29) is 0 Å². The number of benzene rings is 1. The van der Waals surface area contributed by atoms with E-state index >= 15 is 0 Å². The lowest BCUT2D eigenvalue weighted by Gasteiger charge is -2.21. The van der Waals surface area contributed by atoms with Crippen LogP contribution >= 0.6 is 0 Å². The number of aryl methyl sites for hydroxylation is 1. The monoisotopic (exact) mass is 253 g/mol. The highest BCUT2D eigenvalue weighted by Gasteiger charge is 2.17. The zero-order valence-electron chi connectivity index (χ0n) is 11.3. The lowest BCUT2D eigenvalue weighted by molar-refractivity contribution is 0.445. The van der Waals surface area contributed by atoms with Gasteiger partial charge in [0.05, 0.1) is 0 Å². The Balaban J connectivity index is 1.80. The normalized spacial score (nSPS) is 16.5. The molecule has 1 aromatic heterocycles. The van der Waals surface area contributed by atoms with E-state index in [2.05, 4.69) is 46.5 Å². The van der Waals surface area contributed by atoms with Crippen molar-refractivity contribution in [2.75, 3.05) is 13.1 Å². The molecular weight excluding hydrogens is 234 g/mol. The minimum absolute atomic E-state index is 0.522. The van der Waals surface area contributed by atoms with E-state index in [1.54, 1.807) is 0 Å². The van der Waals surface area contributed by atoms with E-state index < -0.39 is 0 Å². The van der Waals surface area contributed by atoms with Gasteiger partial charge in [-0.2, -0.15) is 0 Å². The molecule has 2 aromatic rings. The molecule has 0 saturated carbocycles. The molecule has 0 aliphatic carbocycles. The molecule has 0 amide bonds. The Hall–Kier alpha value is -1.74. The number of hydrogen-bond acceptors (Lipinski definition) is 3. The van der Waals surface area contributed by atoms with Crippen molar-refractivity contribution in [1.29, 1.82) is 0 Å². The number of piperidine rings is 1. The molecule has 3 rings (SSSR count). The first-order chi connectivity index (χ1) is 9.33. The molecule has 0 bridgehead atoms. The summed E-state index contributed by atoms with van der Waals surface area (Å²) in [6.07, 6.45) is 6.19. The number of hydrogen-bond donors (Lipinski definition) is 1. The maximum Gasteiger partial charge on any atom is 0.131 e. The second-order valence-electron chi connectivity index (χ2n) is 5.22. The van der Waals surface area contributed by atoms with Gasteiger partial charge < -0.3 is 5.32 Å². The van der Waals surface area contributed by atoms with Crippen LogP contribution in [0.25, 0.3) is 11.1 Å². The highest BCUT2D eigenvalue weighted by molar-refractivity contribution is 5.61. The maximum atomic E-state index is 4.56. The van der Waals surface area contributed by atoms with Crippen LogP contribution in [0.15, 0.2) is 36.7 Å². The highest BCUT2D eigenvalue weighted by atomic mass is 14.9. The number of nitrogens with zero attached hydrogens (tertiary/aromatic N) is 2. The van der Waals surface area contributed by atoms with Gasteiger partial charge in [0.25, 0.3) is 0 Å². The smallest absolute Gasteiger partial charge is 0.131 e. The third-order valence-electron chi connectivity index (χ3n) is 3.76. The van der Waals surface area contributed by atoms with Crippen molar-refractivity contribution in [3.63, 3.8) is 0 Å². The number of rotatable bonds is 2. The molecule has 0 atom stereocenters. The van der Waals surface area contributed by atoms with Gasteiger partial charge >= 0.3 is 0 Å². The fourth-order valence-electron chi connectivity index (χ4n) is 2.52. The summed E-state index contributed by atoms with van der Waals surface area (Å²) in [5, 5.41) is 3.37. The van der Waals surface area contributed by atoms with Crippen molar-refractivity contribution in [1.82, 2.24) is 15.3 Å². The van der Waals surface area contributed by atoms with Crippen LogP contribution in [0.2, 0.25) is 0 Å². The van der Waals surface area contributed by atoms with Crippen molar-refractivity contribution in [2.24, 2.45) is 0 Å². The first-order valence-corrected chi connectivity index (χ1v) is 6.92. The second kappa shape index (κ2) is 5.49. The number of aromatic nitrogens is 2. The molecule has 1 aliphatic rings. The Kier molecular flexibility index (Phi) is 3.56. The van der Waals surface area contributed by atoms with Gasteiger partial charge in [-0.3, -0.25) is 0 Å². The minimum atomic E-state index is 0.522. The molecule has 1 aromatic carbocycles. The van der Waals surface area contributed by atoms with Gasteiger partial charge in [-0.1, -0.05) is 29.8 Å². The van der Waals surface area contributed by atoms with Gasteiger partial charge in [-0.25, -0.2) is 9.97 Å². The summed E-state index contributed by atoms with van der Waals surface area (Å²) in [6, 6.07) is 8.49. The average molecular weight is 253 g/mol. The Morgan fingerprint density at radius 1 is 0.947 bits per heavy atom. The van der Waals surface area contributed by atoms with Gasteiger partial charge in [0.15, 0.2) is 0 Å². The lowest BCUT2D eigenvalue weighted by atomic mass is 9.97. The molecule has 1 N–H and O–H groups in total. The summed E-state index contributed by atoms with van der Waals surface area (Å²) in [5.41, 5.74) is 3.55. The van der Waals surface area contributed by atoms with Crippen LogP contribution in [0.1, 0.15) is 30.1 Å². The van der Waals surface area contributed by atoms with Gasteiger partial charge in [-0.15, -0.1) is 0 Å². The van der Waals surface area contributed by atoms with Crippen LogP contribution in [-0.4, -0.2) is 23.1 Å². The molecule has 1 aliphatic heterocycles. The molecule has 3 nitrogen and oxygen atoms in total. The molecule has 1 fully saturated rings.